The summed E-state index contributed by atoms with van der Waals surface area (Å²) in [5.41, 5.74) is 0.207. The monoisotopic (exact) mass is 301 g/mol. The largest absolute Gasteiger partial charge is 0.408 e. The number of nitrogens with zero attached hydrogens (tertiary/aromatic N) is 2. The fourth-order valence-electron chi connectivity index (χ4n) is 3.58. The Kier molecular flexibility index (Phi) is 3.99. The molecule has 1 aromatic rings. The third-order valence-corrected chi connectivity index (χ3v) is 4.79. The summed E-state index contributed by atoms with van der Waals surface area (Å²) in [5, 5.41) is 6.73. The van der Waals surface area contributed by atoms with Gasteiger partial charge in [-0.3, -0.25) is 10.00 Å². The third kappa shape index (κ3) is 3.59. The van der Waals surface area contributed by atoms with Gasteiger partial charge in [-0.05, 0) is 37.5 Å². The Bertz CT molecular complexity index is 479. The molecule has 0 spiro atoms. The second kappa shape index (κ2) is 5.63. The molecular weight excluding hydrogens is 279 g/mol. The Labute approximate surface area is 122 Å². The van der Waals surface area contributed by atoms with Crippen LogP contribution in [0.1, 0.15) is 50.1 Å². The van der Waals surface area contributed by atoms with E-state index in [0.29, 0.717) is 5.92 Å². The van der Waals surface area contributed by atoms with Crippen molar-refractivity contribution in [1.29, 1.82) is 0 Å². The maximum atomic E-state index is 13.3. The molecule has 0 saturated heterocycles. The van der Waals surface area contributed by atoms with Crippen LogP contribution in [0.3, 0.4) is 0 Å². The van der Waals surface area contributed by atoms with Crippen molar-refractivity contribution in [2.75, 3.05) is 0 Å². The van der Waals surface area contributed by atoms with Crippen molar-refractivity contribution in [3.05, 3.63) is 18.0 Å². The van der Waals surface area contributed by atoms with Gasteiger partial charge in [-0.2, -0.15) is 18.3 Å². The minimum absolute atomic E-state index is 0.0313. The average Bonchev–Trinajstić information content (AvgIpc) is 3.18. The zero-order valence-corrected chi connectivity index (χ0v) is 12.2. The highest BCUT2D eigenvalue weighted by atomic mass is 19.4. The quantitative estimate of drug-likeness (QED) is 0.921. The highest BCUT2D eigenvalue weighted by molar-refractivity contribution is 5.13. The fourth-order valence-corrected chi connectivity index (χ4v) is 3.58. The Hall–Kier alpha value is -1.04. The molecule has 3 atom stereocenters. The van der Waals surface area contributed by atoms with E-state index < -0.39 is 12.2 Å². The third-order valence-electron chi connectivity index (χ3n) is 4.79. The van der Waals surface area contributed by atoms with E-state index in [4.69, 9.17) is 0 Å². The van der Waals surface area contributed by atoms with Gasteiger partial charge in [0, 0.05) is 24.8 Å². The first-order valence-electron chi connectivity index (χ1n) is 7.75. The molecule has 2 fully saturated rings. The lowest BCUT2D eigenvalue weighted by molar-refractivity contribution is -0.160. The van der Waals surface area contributed by atoms with Gasteiger partial charge in [0.05, 0.1) is 6.20 Å². The lowest BCUT2D eigenvalue weighted by Gasteiger charge is -2.33. The van der Waals surface area contributed by atoms with Crippen LogP contribution in [0.2, 0.25) is 0 Å². The first-order chi connectivity index (χ1) is 9.93. The van der Waals surface area contributed by atoms with Crippen LogP contribution in [-0.2, 0) is 7.05 Å². The van der Waals surface area contributed by atoms with E-state index in [2.05, 4.69) is 10.4 Å². The van der Waals surface area contributed by atoms with Crippen LogP contribution in [0.5, 0.6) is 0 Å². The molecule has 3 nitrogen and oxygen atoms in total. The summed E-state index contributed by atoms with van der Waals surface area (Å²) in [6.07, 6.45) is 4.97. The molecule has 0 unspecified atom stereocenters. The molecule has 2 saturated carbocycles. The summed E-state index contributed by atoms with van der Waals surface area (Å²) >= 11 is 0. The highest BCUT2D eigenvalue weighted by Gasteiger charge is 2.44. The maximum Gasteiger partial charge on any atom is 0.408 e. The molecule has 0 amide bonds. The number of rotatable bonds is 4. The summed E-state index contributed by atoms with van der Waals surface area (Å²) in [6.45, 7) is 0. The van der Waals surface area contributed by atoms with Gasteiger partial charge < -0.3 is 0 Å². The molecule has 6 heteroatoms. The number of nitrogens with one attached hydrogen (secondary N) is 1. The molecule has 0 bridgehead atoms. The van der Waals surface area contributed by atoms with E-state index >= 15 is 0 Å². The molecule has 3 rings (SSSR count). The Morgan fingerprint density at radius 3 is 2.57 bits per heavy atom. The minimum atomic E-state index is -4.28. The molecule has 1 N–H and O–H groups in total. The smallest absolute Gasteiger partial charge is 0.300 e. The van der Waals surface area contributed by atoms with Gasteiger partial charge in [-0.1, -0.05) is 12.8 Å². The van der Waals surface area contributed by atoms with Crippen LogP contribution < -0.4 is 5.32 Å². The first-order valence-corrected chi connectivity index (χ1v) is 7.75. The van der Waals surface area contributed by atoms with Crippen LogP contribution in [0.4, 0.5) is 13.2 Å². The average molecular weight is 301 g/mol. The zero-order chi connectivity index (χ0) is 15.0. The molecule has 0 radical (unpaired) electrons. The van der Waals surface area contributed by atoms with Gasteiger partial charge in [-0.15, -0.1) is 0 Å². The predicted octanol–water partition coefficient (Wildman–Crippen LogP) is 3.58. The van der Waals surface area contributed by atoms with Crippen molar-refractivity contribution in [3.8, 4) is 0 Å². The summed E-state index contributed by atoms with van der Waals surface area (Å²) in [6, 6.07) is -1.63. The summed E-state index contributed by atoms with van der Waals surface area (Å²) in [7, 11) is 1.64. The van der Waals surface area contributed by atoms with E-state index in [1.54, 1.807) is 7.05 Å². The number of halogens is 3. The lowest BCUT2D eigenvalue weighted by Crippen LogP contribution is -2.43. The maximum absolute atomic E-state index is 13.3. The van der Waals surface area contributed by atoms with Crippen molar-refractivity contribution in [3.63, 3.8) is 0 Å². The second-order valence-corrected chi connectivity index (χ2v) is 6.55. The Balaban J connectivity index is 1.69. The number of alkyl halides is 3. The van der Waals surface area contributed by atoms with Crippen LogP contribution >= 0.6 is 0 Å². The normalized spacial score (nSPS) is 28.6. The molecule has 2 aliphatic carbocycles. The molecule has 2 aliphatic rings. The van der Waals surface area contributed by atoms with Gasteiger partial charge in [0.1, 0.15) is 6.04 Å². The van der Waals surface area contributed by atoms with Gasteiger partial charge in [0.2, 0.25) is 0 Å². The second-order valence-electron chi connectivity index (χ2n) is 6.55. The van der Waals surface area contributed by atoms with Crippen LogP contribution in [0, 0.1) is 11.8 Å². The standard InChI is InChI=1S/C15H22F3N3/c1-21-9-12(8-19-21)14(15(16,17)18)20-13-4-2-3-11(7-13)10-5-6-10/h8-11,13-14,20H,2-7H2,1H3/t11-,13-,14+/m1/s1. The van der Waals surface area contributed by atoms with Crippen LogP contribution in [0.25, 0.3) is 0 Å². The zero-order valence-electron chi connectivity index (χ0n) is 12.2. The van der Waals surface area contributed by atoms with E-state index in [1.165, 1.54) is 36.3 Å². The molecule has 1 heterocycles. The number of aromatic nitrogens is 2. The van der Waals surface area contributed by atoms with Gasteiger partial charge in [0.25, 0.3) is 0 Å². The molecular formula is C15H22F3N3. The van der Waals surface area contributed by atoms with Crippen molar-refractivity contribution in [1.82, 2.24) is 15.1 Å². The van der Waals surface area contributed by atoms with E-state index in [-0.39, 0.29) is 11.6 Å². The highest BCUT2D eigenvalue weighted by Crippen LogP contribution is 2.44. The summed E-state index contributed by atoms with van der Waals surface area (Å²) in [5.74, 6) is 1.40. The van der Waals surface area contributed by atoms with Crippen molar-refractivity contribution >= 4 is 0 Å². The summed E-state index contributed by atoms with van der Waals surface area (Å²) in [4.78, 5) is 0. The SMILES string of the molecule is Cn1cc([C@H](N[C@@H]2CCC[C@@H](C3CC3)C2)C(F)(F)F)cn1. The minimum Gasteiger partial charge on any atom is -0.300 e. The number of hydrogen-bond acceptors (Lipinski definition) is 2. The first kappa shape index (κ1) is 14.9. The van der Waals surface area contributed by atoms with Crippen molar-refractivity contribution in [2.45, 2.75) is 56.8 Å². The molecule has 0 aliphatic heterocycles. The Morgan fingerprint density at radius 2 is 2.00 bits per heavy atom. The number of hydrogen-bond donors (Lipinski definition) is 1. The molecule has 118 valence electrons. The van der Waals surface area contributed by atoms with Gasteiger partial charge in [0.15, 0.2) is 0 Å². The van der Waals surface area contributed by atoms with E-state index in [1.807, 2.05) is 0 Å². The van der Waals surface area contributed by atoms with Crippen LogP contribution in [-0.4, -0.2) is 22.0 Å². The Morgan fingerprint density at radius 1 is 1.24 bits per heavy atom. The molecule has 1 aromatic heterocycles. The number of aryl methyl sites for hydroxylation is 1. The van der Waals surface area contributed by atoms with Crippen LogP contribution in [0.15, 0.2) is 12.4 Å². The topological polar surface area (TPSA) is 29.9 Å². The van der Waals surface area contributed by atoms with Crippen molar-refractivity contribution in [2.24, 2.45) is 18.9 Å². The molecule has 21 heavy (non-hydrogen) atoms. The van der Waals surface area contributed by atoms with E-state index in [0.717, 1.165) is 25.2 Å². The molecule has 0 aromatic carbocycles. The van der Waals surface area contributed by atoms with E-state index in [9.17, 15) is 13.2 Å². The van der Waals surface area contributed by atoms with Gasteiger partial charge >= 0.3 is 6.18 Å². The predicted molar refractivity (Wildman–Crippen MR) is 73.6 cm³/mol. The lowest BCUT2D eigenvalue weighted by atomic mass is 9.82. The van der Waals surface area contributed by atoms with Crippen molar-refractivity contribution < 1.29 is 13.2 Å². The van der Waals surface area contributed by atoms with Gasteiger partial charge in [-0.25, -0.2) is 0 Å². The summed E-state index contributed by atoms with van der Waals surface area (Å²) < 4.78 is 41.4. The fraction of sp³-hybridized carbons (Fsp3) is 0.800.